The molecule has 3 rings (SSSR count). The van der Waals surface area contributed by atoms with Gasteiger partial charge in [-0.1, -0.05) is 18.2 Å². The lowest BCUT2D eigenvalue weighted by molar-refractivity contribution is -0.147. The van der Waals surface area contributed by atoms with Crippen LogP contribution in [-0.2, 0) is 20.7 Å². The zero-order chi connectivity index (χ0) is 21.5. The van der Waals surface area contributed by atoms with Gasteiger partial charge in [-0.15, -0.1) is 0 Å². The fourth-order valence-corrected chi connectivity index (χ4v) is 2.77. The highest BCUT2D eigenvalue weighted by Gasteiger charge is 2.11. The third-order valence-electron chi connectivity index (χ3n) is 4.23. The van der Waals surface area contributed by atoms with Gasteiger partial charge >= 0.3 is 5.97 Å². The molecule has 3 aromatic rings. The molecule has 0 aliphatic carbocycles. The van der Waals surface area contributed by atoms with Crippen LogP contribution >= 0.6 is 0 Å². The molecule has 2 amide bonds. The Morgan fingerprint density at radius 2 is 1.90 bits per heavy atom. The summed E-state index contributed by atoms with van der Waals surface area (Å²) in [4.78, 5) is 54.5. The predicted molar refractivity (Wildman–Crippen MR) is 110 cm³/mol. The number of nitrogens with one attached hydrogen (secondary N) is 3. The molecule has 154 valence electrons. The highest BCUT2D eigenvalue weighted by Crippen LogP contribution is 2.11. The number of aromatic nitrogens is 2. The van der Waals surface area contributed by atoms with Crippen molar-refractivity contribution in [2.24, 2.45) is 0 Å². The number of carbonyl (C=O) groups excluding carboxylic acids is 3. The minimum atomic E-state index is -0.597. The lowest BCUT2D eigenvalue weighted by Gasteiger charge is -2.08. The number of benzene rings is 2. The number of para-hydroxylation sites is 1. The Labute approximate surface area is 171 Å². The van der Waals surface area contributed by atoms with Crippen molar-refractivity contribution in [3.05, 3.63) is 70.3 Å². The van der Waals surface area contributed by atoms with Crippen LogP contribution in [-0.4, -0.2) is 41.4 Å². The lowest BCUT2D eigenvalue weighted by atomic mass is 10.2. The SMILES string of the molecule is CNC(=O)c1cccc(NC(=O)COC(=O)CCc2nc3ccccc3c(=O)[nH]2)c1. The summed E-state index contributed by atoms with van der Waals surface area (Å²) in [5, 5.41) is 5.53. The molecule has 0 aliphatic rings. The molecule has 0 saturated heterocycles. The maximum Gasteiger partial charge on any atom is 0.306 e. The first-order valence-electron chi connectivity index (χ1n) is 9.22. The summed E-state index contributed by atoms with van der Waals surface area (Å²) in [6.07, 6.45) is 0.134. The second-order valence-corrected chi connectivity index (χ2v) is 6.40. The second-order valence-electron chi connectivity index (χ2n) is 6.40. The van der Waals surface area contributed by atoms with Crippen LogP contribution in [0.25, 0.3) is 10.9 Å². The van der Waals surface area contributed by atoms with Crippen LogP contribution in [0.5, 0.6) is 0 Å². The highest BCUT2D eigenvalue weighted by atomic mass is 16.5. The Balaban J connectivity index is 1.49. The van der Waals surface area contributed by atoms with Crippen LogP contribution in [0, 0.1) is 0 Å². The summed E-state index contributed by atoms with van der Waals surface area (Å²) >= 11 is 0. The number of H-pyrrole nitrogens is 1. The number of aryl methyl sites for hydroxylation is 1. The van der Waals surface area contributed by atoms with E-state index in [4.69, 9.17) is 4.74 Å². The number of hydrogen-bond donors (Lipinski definition) is 3. The van der Waals surface area contributed by atoms with Gasteiger partial charge in [-0.2, -0.15) is 0 Å². The molecule has 0 unspecified atom stereocenters. The van der Waals surface area contributed by atoms with E-state index in [1.165, 1.54) is 13.1 Å². The van der Waals surface area contributed by atoms with Gasteiger partial charge in [-0.05, 0) is 30.3 Å². The number of aromatic amines is 1. The second kappa shape index (κ2) is 9.46. The third kappa shape index (κ3) is 5.28. The summed E-state index contributed by atoms with van der Waals surface area (Å²) in [7, 11) is 1.51. The molecule has 0 aliphatic heterocycles. The molecule has 3 N–H and O–H groups in total. The van der Waals surface area contributed by atoms with E-state index < -0.39 is 18.5 Å². The first kappa shape index (κ1) is 20.7. The molecule has 0 bridgehead atoms. The van der Waals surface area contributed by atoms with Crippen LogP contribution in [0.1, 0.15) is 22.6 Å². The van der Waals surface area contributed by atoms with Crippen molar-refractivity contribution < 1.29 is 19.1 Å². The van der Waals surface area contributed by atoms with Crippen molar-refractivity contribution in [1.82, 2.24) is 15.3 Å². The number of carbonyl (C=O) groups is 3. The fourth-order valence-electron chi connectivity index (χ4n) is 2.77. The number of hydrogen-bond acceptors (Lipinski definition) is 6. The standard InChI is InChI=1S/C21H20N4O5/c1-22-20(28)13-5-4-6-14(11-13)23-18(26)12-30-19(27)10-9-17-24-16-8-3-2-7-15(16)21(29)25-17/h2-8,11H,9-10,12H2,1H3,(H,22,28)(H,23,26)(H,24,25,29). The molecule has 1 aromatic heterocycles. The zero-order valence-electron chi connectivity index (χ0n) is 16.2. The van der Waals surface area contributed by atoms with Crippen molar-refractivity contribution in [1.29, 1.82) is 0 Å². The molecular weight excluding hydrogens is 388 g/mol. The number of fused-ring (bicyclic) bond motifs is 1. The maximum absolute atomic E-state index is 12.0. The van der Waals surface area contributed by atoms with Gasteiger partial charge in [0, 0.05) is 24.7 Å². The van der Waals surface area contributed by atoms with Crippen molar-refractivity contribution in [3.8, 4) is 0 Å². The Kier molecular flexibility index (Phi) is 6.53. The van der Waals surface area contributed by atoms with Gasteiger partial charge in [0.25, 0.3) is 17.4 Å². The number of esters is 1. The smallest absolute Gasteiger partial charge is 0.306 e. The van der Waals surface area contributed by atoms with E-state index in [1.807, 2.05) is 0 Å². The fraction of sp³-hybridized carbons (Fsp3) is 0.190. The summed E-state index contributed by atoms with van der Waals surface area (Å²) < 4.78 is 4.96. The Hall–Kier alpha value is -4.01. The number of amides is 2. The molecule has 0 radical (unpaired) electrons. The molecule has 0 saturated carbocycles. The van der Waals surface area contributed by atoms with E-state index in [0.717, 1.165) is 0 Å². The van der Waals surface area contributed by atoms with Crippen LogP contribution < -0.4 is 16.2 Å². The van der Waals surface area contributed by atoms with E-state index in [1.54, 1.807) is 42.5 Å². The van der Waals surface area contributed by atoms with Gasteiger partial charge in [-0.25, -0.2) is 4.98 Å². The summed E-state index contributed by atoms with van der Waals surface area (Å²) in [5.74, 6) is -1.04. The van der Waals surface area contributed by atoms with E-state index in [0.29, 0.717) is 28.0 Å². The topological polar surface area (TPSA) is 130 Å². The molecular formula is C21H20N4O5. The Bertz CT molecular complexity index is 1160. The van der Waals surface area contributed by atoms with Crippen molar-refractivity contribution in [2.75, 3.05) is 19.0 Å². The van der Waals surface area contributed by atoms with E-state index in [2.05, 4.69) is 20.6 Å². The highest BCUT2D eigenvalue weighted by molar-refractivity contribution is 5.97. The molecule has 2 aromatic carbocycles. The molecule has 1 heterocycles. The number of anilines is 1. The molecule has 0 spiro atoms. The Morgan fingerprint density at radius 3 is 2.70 bits per heavy atom. The monoisotopic (exact) mass is 408 g/mol. The summed E-state index contributed by atoms with van der Waals surface area (Å²) in [6, 6.07) is 13.3. The first-order valence-corrected chi connectivity index (χ1v) is 9.22. The molecule has 30 heavy (non-hydrogen) atoms. The van der Waals surface area contributed by atoms with Crippen molar-refractivity contribution in [2.45, 2.75) is 12.8 Å². The zero-order valence-corrected chi connectivity index (χ0v) is 16.2. The number of ether oxygens (including phenoxy) is 1. The third-order valence-corrected chi connectivity index (χ3v) is 4.23. The molecule has 0 fully saturated rings. The molecule has 9 heteroatoms. The van der Waals surface area contributed by atoms with Gasteiger partial charge < -0.3 is 20.4 Å². The van der Waals surface area contributed by atoms with Gasteiger partial charge in [0.1, 0.15) is 5.82 Å². The predicted octanol–water partition coefficient (Wildman–Crippen LogP) is 1.40. The van der Waals surface area contributed by atoms with E-state index >= 15 is 0 Å². The number of rotatable bonds is 7. The Morgan fingerprint density at radius 1 is 1.10 bits per heavy atom. The van der Waals surface area contributed by atoms with Crippen molar-refractivity contribution >= 4 is 34.4 Å². The summed E-state index contributed by atoms with van der Waals surface area (Å²) in [5.41, 5.74) is 1.07. The van der Waals surface area contributed by atoms with Crippen LogP contribution in [0.3, 0.4) is 0 Å². The molecule has 0 atom stereocenters. The average Bonchev–Trinajstić information content (AvgIpc) is 2.76. The average molecular weight is 408 g/mol. The van der Waals surface area contributed by atoms with Crippen LogP contribution in [0.2, 0.25) is 0 Å². The minimum Gasteiger partial charge on any atom is -0.456 e. The van der Waals surface area contributed by atoms with Crippen LogP contribution in [0.15, 0.2) is 53.3 Å². The van der Waals surface area contributed by atoms with Gasteiger partial charge in [0.2, 0.25) is 0 Å². The maximum atomic E-state index is 12.0. The quantitative estimate of drug-likeness (QED) is 0.507. The normalized spacial score (nSPS) is 10.4. The largest absolute Gasteiger partial charge is 0.456 e. The minimum absolute atomic E-state index is 0.0410. The lowest BCUT2D eigenvalue weighted by Crippen LogP contribution is -2.22. The first-order chi connectivity index (χ1) is 14.5. The summed E-state index contributed by atoms with van der Waals surface area (Å²) in [6.45, 7) is -0.468. The van der Waals surface area contributed by atoms with Gasteiger partial charge in [0.15, 0.2) is 6.61 Å². The molecule has 9 nitrogen and oxygen atoms in total. The van der Waals surface area contributed by atoms with E-state index in [9.17, 15) is 19.2 Å². The number of nitrogens with zero attached hydrogens (tertiary/aromatic N) is 1. The van der Waals surface area contributed by atoms with Crippen molar-refractivity contribution in [3.63, 3.8) is 0 Å². The van der Waals surface area contributed by atoms with E-state index in [-0.39, 0.29) is 24.3 Å². The van der Waals surface area contributed by atoms with Crippen LogP contribution in [0.4, 0.5) is 5.69 Å². The van der Waals surface area contributed by atoms with Gasteiger partial charge in [0.05, 0.1) is 17.3 Å². The van der Waals surface area contributed by atoms with Gasteiger partial charge in [-0.3, -0.25) is 19.2 Å².